The molecule has 1 aromatic rings. The predicted octanol–water partition coefficient (Wildman–Crippen LogP) is 2.00. The Labute approximate surface area is 141 Å². The molecule has 0 aromatic heterocycles. The van der Waals surface area contributed by atoms with E-state index in [1.807, 2.05) is 4.90 Å². The summed E-state index contributed by atoms with van der Waals surface area (Å²) in [5, 5.41) is 14.7. The molecule has 2 amide bonds. The second kappa shape index (κ2) is 8.94. The second-order valence-corrected chi connectivity index (χ2v) is 6.31. The van der Waals surface area contributed by atoms with Crippen molar-refractivity contribution in [3.63, 3.8) is 0 Å². The summed E-state index contributed by atoms with van der Waals surface area (Å²) >= 11 is 0. The van der Waals surface area contributed by atoms with Crippen LogP contribution in [0.1, 0.15) is 31.7 Å². The molecule has 5 nitrogen and oxygen atoms in total. The normalized spacial score (nSPS) is 19.8. The van der Waals surface area contributed by atoms with E-state index in [9.17, 15) is 13.6 Å². The number of amides is 2. The highest BCUT2D eigenvalue weighted by molar-refractivity contribution is 5.74. The number of carbonyl (C=O) groups is 1. The van der Waals surface area contributed by atoms with Crippen LogP contribution in [0.3, 0.4) is 0 Å². The van der Waals surface area contributed by atoms with Gasteiger partial charge in [-0.25, -0.2) is 13.6 Å². The minimum Gasteiger partial charge on any atom is -0.393 e. The molecule has 1 heterocycles. The lowest BCUT2D eigenvalue weighted by atomic mass is 10.0. The first-order valence-corrected chi connectivity index (χ1v) is 8.33. The molecule has 3 N–H and O–H groups in total. The van der Waals surface area contributed by atoms with E-state index >= 15 is 0 Å². The van der Waals surface area contributed by atoms with Gasteiger partial charge in [-0.1, -0.05) is 6.07 Å². The topological polar surface area (TPSA) is 64.6 Å². The van der Waals surface area contributed by atoms with Gasteiger partial charge in [0.1, 0.15) is 11.6 Å². The van der Waals surface area contributed by atoms with Crippen molar-refractivity contribution < 1.29 is 18.7 Å². The summed E-state index contributed by atoms with van der Waals surface area (Å²) < 4.78 is 27.5. The number of halogens is 2. The zero-order valence-electron chi connectivity index (χ0n) is 13.9. The largest absolute Gasteiger partial charge is 0.393 e. The highest BCUT2D eigenvalue weighted by atomic mass is 19.1. The van der Waals surface area contributed by atoms with Crippen LogP contribution >= 0.6 is 0 Å². The molecule has 1 aliphatic rings. The minimum atomic E-state index is -0.541. The quantitative estimate of drug-likeness (QED) is 0.741. The lowest BCUT2D eigenvalue weighted by Crippen LogP contribution is -2.50. The first-order chi connectivity index (χ1) is 11.5. The molecule has 134 valence electrons. The summed E-state index contributed by atoms with van der Waals surface area (Å²) in [6, 6.07) is 3.54. The molecule has 0 spiro atoms. The molecule has 0 bridgehead atoms. The average Bonchev–Trinajstić information content (AvgIpc) is 2.51. The van der Waals surface area contributed by atoms with Crippen LogP contribution < -0.4 is 10.6 Å². The number of hydrogen-bond acceptors (Lipinski definition) is 3. The van der Waals surface area contributed by atoms with Crippen molar-refractivity contribution in [1.29, 1.82) is 0 Å². The molecular weight excluding hydrogens is 316 g/mol. The van der Waals surface area contributed by atoms with E-state index in [-0.39, 0.29) is 24.2 Å². The van der Waals surface area contributed by atoms with Crippen molar-refractivity contribution in [3.8, 4) is 0 Å². The van der Waals surface area contributed by atoms with Crippen LogP contribution in [0.15, 0.2) is 18.2 Å². The molecule has 1 fully saturated rings. The van der Waals surface area contributed by atoms with E-state index in [1.165, 1.54) is 18.2 Å². The van der Waals surface area contributed by atoms with Gasteiger partial charge < -0.3 is 15.7 Å². The number of piperidine rings is 1. The Bertz CT molecular complexity index is 534. The Morgan fingerprint density at radius 3 is 2.79 bits per heavy atom. The SMILES string of the molecule is CC(O)CCNC(=O)NC1CCCN(Cc2c(F)cccc2F)C1. The van der Waals surface area contributed by atoms with Crippen LogP contribution in [0.5, 0.6) is 0 Å². The molecule has 0 radical (unpaired) electrons. The predicted molar refractivity (Wildman–Crippen MR) is 87.5 cm³/mol. The van der Waals surface area contributed by atoms with E-state index < -0.39 is 17.7 Å². The lowest BCUT2D eigenvalue weighted by Gasteiger charge is -2.33. The van der Waals surface area contributed by atoms with Gasteiger partial charge in [0, 0.05) is 31.2 Å². The molecule has 1 aromatic carbocycles. The number of benzene rings is 1. The van der Waals surface area contributed by atoms with E-state index in [0.29, 0.717) is 19.5 Å². The third-order valence-electron chi connectivity index (χ3n) is 4.13. The molecule has 7 heteroatoms. The van der Waals surface area contributed by atoms with Gasteiger partial charge in [0.2, 0.25) is 0 Å². The number of carbonyl (C=O) groups excluding carboxylic acids is 1. The molecule has 2 unspecified atom stereocenters. The molecule has 1 aliphatic heterocycles. The fraction of sp³-hybridized carbons (Fsp3) is 0.588. The summed E-state index contributed by atoms with van der Waals surface area (Å²) in [6.45, 7) is 3.56. The van der Waals surface area contributed by atoms with Crippen molar-refractivity contribution in [2.24, 2.45) is 0 Å². The number of hydrogen-bond donors (Lipinski definition) is 3. The van der Waals surface area contributed by atoms with E-state index in [4.69, 9.17) is 5.11 Å². The van der Waals surface area contributed by atoms with Gasteiger partial charge in [0.25, 0.3) is 0 Å². The van der Waals surface area contributed by atoms with Gasteiger partial charge in [-0.15, -0.1) is 0 Å². The lowest BCUT2D eigenvalue weighted by molar-refractivity contribution is 0.173. The Morgan fingerprint density at radius 2 is 2.12 bits per heavy atom. The summed E-state index contributed by atoms with van der Waals surface area (Å²) in [7, 11) is 0. The number of aliphatic hydroxyl groups excluding tert-OH is 1. The highest BCUT2D eigenvalue weighted by Crippen LogP contribution is 2.18. The average molecular weight is 341 g/mol. The monoisotopic (exact) mass is 341 g/mol. The molecular formula is C17H25F2N3O2. The van der Waals surface area contributed by atoms with Gasteiger partial charge in [0.15, 0.2) is 0 Å². The number of nitrogens with one attached hydrogen (secondary N) is 2. The van der Waals surface area contributed by atoms with E-state index in [0.717, 1.165) is 19.4 Å². The number of rotatable bonds is 6. The minimum absolute atomic E-state index is 0.0554. The molecule has 0 aliphatic carbocycles. The Balaban J connectivity index is 1.82. The van der Waals surface area contributed by atoms with Gasteiger partial charge >= 0.3 is 6.03 Å². The molecule has 2 atom stereocenters. The molecule has 1 saturated heterocycles. The van der Waals surface area contributed by atoms with Crippen molar-refractivity contribution >= 4 is 6.03 Å². The zero-order chi connectivity index (χ0) is 17.5. The Kier molecular flexibility index (Phi) is 6.93. The Hall–Kier alpha value is -1.73. The maximum absolute atomic E-state index is 13.8. The van der Waals surface area contributed by atoms with Gasteiger partial charge in [-0.2, -0.15) is 0 Å². The standard InChI is InChI=1S/C17H25F2N3O2/c1-12(23)7-8-20-17(24)21-13-4-3-9-22(10-13)11-14-15(18)5-2-6-16(14)19/h2,5-6,12-13,23H,3-4,7-11H2,1H3,(H2,20,21,24). The first-order valence-electron chi connectivity index (χ1n) is 8.33. The van der Waals surface area contributed by atoms with E-state index in [1.54, 1.807) is 6.92 Å². The summed E-state index contributed by atoms with van der Waals surface area (Å²) in [5.74, 6) is -1.08. The van der Waals surface area contributed by atoms with Crippen molar-refractivity contribution in [2.75, 3.05) is 19.6 Å². The van der Waals surface area contributed by atoms with Gasteiger partial charge in [-0.05, 0) is 44.9 Å². The third-order valence-corrected chi connectivity index (χ3v) is 4.13. The highest BCUT2D eigenvalue weighted by Gasteiger charge is 2.23. The van der Waals surface area contributed by atoms with Crippen molar-refractivity contribution in [3.05, 3.63) is 35.4 Å². The summed E-state index contributed by atoms with van der Waals surface area (Å²) in [6.07, 6.45) is 1.73. The number of nitrogens with zero attached hydrogens (tertiary/aromatic N) is 1. The second-order valence-electron chi connectivity index (χ2n) is 6.31. The van der Waals surface area contributed by atoms with Crippen LogP contribution in [0.4, 0.5) is 13.6 Å². The molecule has 0 saturated carbocycles. The van der Waals surface area contributed by atoms with E-state index in [2.05, 4.69) is 10.6 Å². The summed E-state index contributed by atoms with van der Waals surface area (Å²) in [4.78, 5) is 13.8. The Morgan fingerprint density at radius 1 is 1.42 bits per heavy atom. The number of likely N-dealkylation sites (tertiary alicyclic amines) is 1. The number of aliphatic hydroxyl groups is 1. The fourth-order valence-electron chi connectivity index (χ4n) is 2.85. The van der Waals surface area contributed by atoms with Gasteiger partial charge in [-0.3, -0.25) is 4.90 Å². The van der Waals surface area contributed by atoms with Crippen LogP contribution in [0.2, 0.25) is 0 Å². The van der Waals surface area contributed by atoms with Crippen LogP contribution in [0, 0.1) is 11.6 Å². The maximum atomic E-state index is 13.8. The maximum Gasteiger partial charge on any atom is 0.315 e. The fourth-order valence-corrected chi connectivity index (χ4v) is 2.85. The van der Waals surface area contributed by atoms with Crippen LogP contribution in [0.25, 0.3) is 0 Å². The van der Waals surface area contributed by atoms with Crippen LogP contribution in [-0.2, 0) is 6.54 Å². The smallest absolute Gasteiger partial charge is 0.315 e. The van der Waals surface area contributed by atoms with Gasteiger partial charge in [0.05, 0.1) is 6.10 Å². The van der Waals surface area contributed by atoms with Crippen LogP contribution in [-0.4, -0.2) is 47.8 Å². The van der Waals surface area contributed by atoms with Crippen molar-refractivity contribution in [1.82, 2.24) is 15.5 Å². The zero-order valence-corrected chi connectivity index (χ0v) is 13.9. The molecule has 2 rings (SSSR count). The third kappa shape index (κ3) is 5.72. The first kappa shape index (κ1) is 18.6. The number of urea groups is 1. The van der Waals surface area contributed by atoms with Crippen molar-refractivity contribution in [2.45, 2.75) is 44.9 Å². The summed E-state index contributed by atoms with van der Waals surface area (Å²) in [5.41, 5.74) is 0.0690. The molecule has 24 heavy (non-hydrogen) atoms.